The summed E-state index contributed by atoms with van der Waals surface area (Å²) in [5.41, 5.74) is 7.48. The standard InChI is InChI=1S/C17H20BN2S/c1-4-6-14-12(3)17-16(18-14)15(9-11(2)20-17)19-10-13-7-5-8-21-13/h5,7-9H,4,6,10H2,1-3H3,(H,19,20). The van der Waals surface area contributed by atoms with Crippen LogP contribution in [0.15, 0.2) is 29.1 Å². The molecule has 3 heterocycles. The Labute approximate surface area is 131 Å². The van der Waals surface area contributed by atoms with Crippen LogP contribution in [0.25, 0.3) is 5.57 Å². The topological polar surface area (TPSA) is 24.9 Å². The van der Waals surface area contributed by atoms with Crippen LogP contribution in [0.1, 0.15) is 43.0 Å². The highest BCUT2D eigenvalue weighted by molar-refractivity contribution is 7.09. The average molecular weight is 295 g/mol. The molecule has 1 aliphatic heterocycles. The zero-order valence-corrected chi connectivity index (χ0v) is 13.7. The van der Waals surface area contributed by atoms with Crippen molar-refractivity contribution < 1.29 is 0 Å². The number of allylic oxidation sites excluding steroid dienone is 2. The number of aromatic nitrogens is 1. The Morgan fingerprint density at radius 2 is 2.19 bits per heavy atom. The smallest absolute Gasteiger partial charge is 0.192 e. The maximum absolute atomic E-state index is 4.75. The van der Waals surface area contributed by atoms with E-state index in [0.717, 1.165) is 24.4 Å². The SMILES string of the molecule is CCCC1=C(C)c2nc(C)cc(NCc3cccs3)c2[B]1. The van der Waals surface area contributed by atoms with Crippen molar-refractivity contribution in [3.05, 3.63) is 45.3 Å². The van der Waals surface area contributed by atoms with Gasteiger partial charge in [0.05, 0.1) is 5.69 Å². The second-order valence-corrected chi connectivity index (χ2v) is 6.58. The van der Waals surface area contributed by atoms with E-state index in [1.165, 1.54) is 33.5 Å². The van der Waals surface area contributed by atoms with E-state index in [-0.39, 0.29) is 0 Å². The summed E-state index contributed by atoms with van der Waals surface area (Å²) in [4.78, 5) is 6.10. The predicted molar refractivity (Wildman–Crippen MR) is 93.5 cm³/mol. The van der Waals surface area contributed by atoms with E-state index in [1.54, 1.807) is 11.3 Å². The van der Waals surface area contributed by atoms with Gasteiger partial charge in [-0.3, -0.25) is 4.98 Å². The molecule has 0 atom stereocenters. The van der Waals surface area contributed by atoms with Crippen molar-refractivity contribution in [1.29, 1.82) is 0 Å². The number of fused-ring (bicyclic) bond motifs is 1. The van der Waals surface area contributed by atoms with Gasteiger partial charge in [0.2, 0.25) is 0 Å². The van der Waals surface area contributed by atoms with Gasteiger partial charge in [-0.15, -0.1) is 11.3 Å². The molecule has 2 nitrogen and oxygen atoms in total. The third kappa shape index (κ3) is 2.91. The number of pyridine rings is 1. The van der Waals surface area contributed by atoms with E-state index >= 15 is 0 Å². The highest BCUT2D eigenvalue weighted by atomic mass is 32.1. The average Bonchev–Trinajstić information content (AvgIpc) is 3.07. The second kappa shape index (κ2) is 6.06. The molecular weight excluding hydrogens is 275 g/mol. The monoisotopic (exact) mass is 295 g/mol. The summed E-state index contributed by atoms with van der Waals surface area (Å²) < 4.78 is 0. The molecule has 0 saturated carbocycles. The summed E-state index contributed by atoms with van der Waals surface area (Å²) in [6.07, 6.45) is 2.31. The Morgan fingerprint density at radius 3 is 2.90 bits per heavy atom. The fourth-order valence-electron chi connectivity index (χ4n) is 2.82. The summed E-state index contributed by atoms with van der Waals surface area (Å²) in [5, 5.41) is 5.71. The Kier molecular flexibility index (Phi) is 4.16. The minimum atomic E-state index is 0.879. The van der Waals surface area contributed by atoms with Crippen LogP contribution in [0.3, 0.4) is 0 Å². The van der Waals surface area contributed by atoms with E-state index in [2.05, 4.69) is 56.9 Å². The van der Waals surface area contributed by atoms with Gasteiger partial charge < -0.3 is 5.32 Å². The first-order valence-electron chi connectivity index (χ1n) is 7.51. The lowest BCUT2D eigenvalue weighted by molar-refractivity contribution is 0.944. The largest absolute Gasteiger partial charge is 0.380 e. The normalized spacial score (nSPS) is 13.3. The molecule has 4 heteroatoms. The molecule has 2 aromatic heterocycles. The molecule has 2 aromatic rings. The van der Waals surface area contributed by atoms with Crippen molar-refractivity contribution in [2.45, 2.75) is 40.2 Å². The van der Waals surface area contributed by atoms with Gasteiger partial charge in [-0.25, -0.2) is 0 Å². The highest BCUT2D eigenvalue weighted by Crippen LogP contribution is 2.27. The van der Waals surface area contributed by atoms with Gasteiger partial charge in [0.1, 0.15) is 0 Å². The van der Waals surface area contributed by atoms with E-state index in [4.69, 9.17) is 4.98 Å². The lowest BCUT2D eigenvalue weighted by Crippen LogP contribution is -2.21. The van der Waals surface area contributed by atoms with Crippen molar-refractivity contribution in [2.75, 3.05) is 5.32 Å². The van der Waals surface area contributed by atoms with Gasteiger partial charge in [-0.05, 0) is 48.8 Å². The molecule has 0 fully saturated rings. The quantitative estimate of drug-likeness (QED) is 0.845. The molecule has 1 N–H and O–H groups in total. The van der Waals surface area contributed by atoms with E-state index < -0.39 is 0 Å². The van der Waals surface area contributed by atoms with Gasteiger partial charge in [0.15, 0.2) is 7.28 Å². The number of hydrogen-bond donors (Lipinski definition) is 1. The van der Waals surface area contributed by atoms with Gasteiger partial charge in [0, 0.05) is 22.8 Å². The molecule has 0 spiro atoms. The van der Waals surface area contributed by atoms with Crippen molar-refractivity contribution >= 4 is 35.3 Å². The van der Waals surface area contributed by atoms with Crippen LogP contribution in [0.5, 0.6) is 0 Å². The Balaban J connectivity index is 1.87. The van der Waals surface area contributed by atoms with Crippen molar-refractivity contribution in [3.63, 3.8) is 0 Å². The molecule has 0 aliphatic carbocycles. The van der Waals surface area contributed by atoms with Gasteiger partial charge in [0.25, 0.3) is 0 Å². The third-order valence-corrected chi connectivity index (χ3v) is 4.77. The van der Waals surface area contributed by atoms with Crippen LogP contribution in [-0.4, -0.2) is 12.3 Å². The molecule has 1 radical (unpaired) electrons. The van der Waals surface area contributed by atoms with E-state index in [1.807, 2.05) is 0 Å². The number of rotatable bonds is 5. The first-order chi connectivity index (χ1) is 10.2. The van der Waals surface area contributed by atoms with Crippen LogP contribution in [0.4, 0.5) is 5.69 Å². The van der Waals surface area contributed by atoms with Gasteiger partial charge in [-0.1, -0.05) is 24.9 Å². The zero-order chi connectivity index (χ0) is 14.8. The highest BCUT2D eigenvalue weighted by Gasteiger charge is 2.23. The zero-order valence-electron chi connectivity index (χ0n) is 12.9. The Morgan fingerprint density at radius 1 is 1.33 bits per heavy atom. The van der Waals surface area contributed by atoms with Crippen LogP contribution in [0.2, 0.25) is 0 Å². The summed E-state index contributed by atoms with van der Waals surface area (Å²) in [6, 6.07) is 6.42. The van der Waals surface area contributed by atoms with E-state index in [9.17, 15) is 0 Å². The second-order valence-electron chi connectivity index (χ2n) is 5.55. The molecule has 3 rings (SSSR count). The van der Waals surface area contributed by atoms with Crippen LogP contribution in [-0.2, 0) is 6.54 Å². The molecule has 0 aromatic carbocycles. The molecule has 107 valence electrons. The van der Waals surface area contributed by atoms with Gasteiger partial charge >= 0.3 is 0 Å². The number of nitrogens with zero attached hydrogens (tertiary/aromatic N) is 1. The van der Waals surface area contributed by atoms with E-state index in [0.29, 0.717) is 0 Å². The molecule has 0 bridgehead atoms. The van der Waals surface area contributed by atoms with Crippen LogP contribution >= 0.6 is 11.3 Å². The first kappa shape index (κ1) is 14.4. The summed E-state index contributed by atoms with van der Waals surface area (Å²) in [5.74, 6) is 0. The molecule has 0 unspecified atom stereocenters. The number of hydrogen-bond acceptors (Lipinski definition) is 3. The lowest BCUT2D eigenvalue weighted by Gasteiger charge is -2.12. The molecular formula is C17H20BN2S. The Hall–Kier alpha value is -1.55. The lowest BCUT2D eigenvalue weighted by atomic mass is 9.65. The number of nitrogens with one attached hydrogen (secondary N) is 1. The van der Waals surface area contributed by atoms with Crippen molar-refractivity contribution in [3.8, 4) is 0 Å². The molecule has 0 saturated heterocycles. The minimum absolute atomic E-state index is 0.879. The summed E-state index contributed by atoms with van der Waals surface area (Å²) in [6.45, 7) is 7.37. The molecule has 21 heavy (non-hydrogen) atoms. The number of aryl methyl sites for hydroxylation is 1. The van der Waals surface area contributed by atoms with Crippen LogP contribution in [0, 0.1) is 6.92 Å². The summed E-state index contributed by atoms with van der Waals surface area (Å²) in [7, 11) is 2.32. The summed E-state index contributed by atoms with van der Waals surface area (Å²) >= 11 is 1.79. The first-order valence-corrected chi connectivity index (χ1v) is 8.39. The van der Waals surface area contributed by atoms with Gasteiger partial charge in [-0.2, -0.15) is 0 Å². The van der Waals surface area contributed by atoms with Crippen LogP contribution < -0.4 is 10.8 Å². The molecule has 0 amide bonds. The van der Waals surface area contributed by atoms with Crippen molar-refractivity contribution in [2.24, 2.45) is 0 Å². The fraction of sp³-hybridized carbons (Fsp3) is 0.353. The third-order valence-electron chi connectivity index (χ3n) is 3.89. The Bertz CT molecular complexity index is 674. The maximum Gasteiger partial charge on any atom is 0.192 e. The maximum atomic E-state index is 4.75. The number of anilines is 1. The van der Waals surface area contributed by atoms with Crippen molar-refractivity contribution in [1.82, 2.24) is 4.98 Å². The molecule has 1 aliphatic rings. The fourth-order valence-corrected chi connectivity index (χ4v) is 3.46. The predicted octanol–water partition coefficient (Wildman–Crippen LogP) is 3.94. The minimum Gasteiger partial charge on any atom is -0.380 e. The number of thiophene rings is 1.